The van der Waals surface area contributed by atoms with Crippen LogP contribution in [0.15, 0.2) is 35.2 Å². The third-order valence-corrected chi connectivity index (χ3v) is 8.46. The molecule has 3 heterocycles. The Morgan fingerprint density at radius 1 is 1.18 bits per heavy atom. The van der Waals surface area contributed by atoms with E-state index in [9.17, 15) is 27.9 Å². The van der Waals surface area contributed by atoms with Gasteiger partial charge in [0.05, 0.1) is 4.90 Å². The summed E-state index contributed by atoms with van der Waals surface area (Å²) in [6.45, 7) is 5.05. The highest BCUT2D eigenvalue weighted by molar-refractivity contribution is 7.89. The molecule has 1 aromatic heterocycles. The van der Waals surface area contributed by atoms with E-state index in [-0.39, 0.29) is 16.5 Å². The number of carbonyl (C=O) groups excluding carboxylic acids is 2. The van der Waals surface area contributed by atoms with Gasteiger partial charge >= 0.3 is 5.97 Å². The molecule has 1 fully saturated rings. The van der Waals surface area contributed by atoms with Crippen molar-refractivity contribution in [2.45, 2.75) is 50.1 Å². The molecule has 2 aliphatic rings. The van der Waals surface area contributed by atoms with Crippen molar-refractivity contribution in [2.24, 2.45) is 5.92 Å². The maximum Gasteiger partial charge on any atom is 0.323 e. The van der Waals surface area contributed by atoms with E-state index in [1.807, 2.05) is 4.90 Å². The van der Waals surface area contributed by atoms with Gasteiger partial charge in [0, 0.05) is 32.2 Å². The lowest BCUT2D eigenvalue weighted by Crippen LogP contribution is -2.48. The molecule has 0 bridgehead atoms. The summed E-state index contributed by atoms with van der Waals surface area (Å²) in [5.41, 5.74) is 1.14. The zero-order chi connectivity index (χ0) is 27.3. The number of aliphatic carboxylic acids is 1. The maximum absolute atomic E-state index is 13.2. The molecule has 0 unspecified atom stereocenters. The molecule has 4 N–H and O–H groups in total. The highest BCUT2D eigenvalue weighted by Crippen LogP contribution is 2.19. The second kappa shape index (κ2) is 12.0. The first-order valence-corrected chi connectivity index (χ1v) is 14.3. The number of aromatic nitrogens is 2. The number of carboxylic acid groups (broad SMARTS) is 1. The first-order valence-electron chi connectivity index (χ1n) is 12.8. The number of piperidine rings is 1. The summed E-state index contributed by atoms with van der Waals surface area (Å²) in [5, 5.41) is 19.6. The van der Waals surface area contributed by atoms with E-state index in [2.05, 4.69) is 20.5 Å². The van der Waals surface area contributed by atoms with Gasteiger partial charge in [0.15, 0.2) is 5.69 Å². The number of sulfonamides is 1. The maximum atomic E-state index is 13.2. The third-order valence-electron chi connectivity index (χ3n) is 6.98. The zero-order valence-electron chi connectivity index (χ0n) is 21.4. The Morgan fingerprint density at radius 2 is 1.89 bits per heavy atom. The average molecular weight is 547 g/mol. The molecule has 1 aromatic carbocycles. The van der Waals surface area contributed by atoms with Gasteiger partial charge in [0.25, 0.3) is 11.8 Å². The van der Waals surface area contributed by atoms with Gasteiger partial charge < -0.3 is 20.6 Å². The van der Waals surface area contributed by atoms with Crippen molar-refractivity contribution in [1.82, 2.24) is 30.0 Å². The highest BCUT2D eigenvalue weighted by atomic mass is 32.2. The minimum atomic E-state index is -4.12. The second-order valence-electron chi connectivity index (χ2n) is 9.80. The molecule has 2 aromatic rings. The van der Waals surface area contributed by atoms with Crippen molar-refractivity contribution in [3.63, 3.8) is 0 Å². The molecule has 0 saturated carbocycles. The summed E-state index contributed by atoms with van der Waals surface area (Å²) in [7, 11) is -4.12. The van der Waals surface area contributed by atoms with Crippen molar-refractivity contribution in [3.05, 3.63) is 47.3 Å². The summed E-state index contributed by atoms with van der Waals surface area (Å²) in [6.07, 6.45) is 3.84. The first-order chi connectivity index (χ1) is 18.1. The van der Waals surface area contributed by atoms with Crippen molar-refractivity contribution < 1.29 is 27.9 Å². The fourth-order valence-corrected chi connectivity index (χ4v) is 5.89. The lowest BCUT2D eigenvalue weighted by molar-refractivity contribution is -0.138. The molecule has 38 heavy (non-hydrogen) atoms. The summed E-state index contributed by atoms with van der Waals surface area (Å²) in [5.74, 6) is -1.73. The Kier molecular flexibility index (Phi) is 8.80. The fourth-order valence-electron chi connectivity index (χ4n) is 4.70. The van der Waals surface area contributed by atoms with E-state index in [1.165, 1.54) is 22.9 Å². The van der Waals surface area contributed by atoms with Gasteiger partial charge in [-0.15, -0.1) is 0 Å². The molecular weight excluding hydrogens is 512 g/mol. The molecule has 206 valence electrons. The van der Waals surface area contributed by atoms with Gasteiger partial charge in [-0.25, -0.2) is 8.42 Å². The quantitative estimate of drug-likeness (QED) is 0.336. The molecule has 12 nitrogen and oxygen atoms in total. The Hall–Kier alpha value is -3.29. The number of rotatable bonds is 10. The SMILES string of the molecule is Cc1ccc(S(=O)(=O)N[C@@H](CNC(=O)c2cc3n(n2)CCCN(CCC2CCNCC2)C3=O)C(=O)O)cc1. The van der Waals surface area contributed by atoms with Crippen LogP contribution in [-0.4, -0.2) is 84.8 Å². The Labute approximate surface area is 221 Å². The Morgan fingerprint density at radius 3 is 2.58 bits per heavy atom. The number of hydrogen-bond acceptors (Lipinski definition) is 7. The second-order valence-corrected chi connectivity index (χ2v) is 11.5. The molecule has 13 heteroatoms. The van der Waals surface area contributed by atoms with Gasteiger partial charge in [0.2, 0.25) is 10.0 Å². The topological polar surface area (TPSA) is 163 Å². The van der Waals surface area contributed by atoms with Crippen molar-refractivity contribution in [3.8, 4) is 0 Å². The summed E-state index contributed by atoms with van der Waals surface area (Å²) in [4.78, 5) is 39.4. The van der Waals surface area contributed by atoms with E-state index in [1.54, 1.807) is 19.1 Å². The van der Waals surface area contributed by atoms with E-state index in [0.29, 0.717) is 37.7 Å². The number of aryl methyl sites for hydroxylation is 2. The van der Waals surface area contributed by atoms with Crippen LogP contribution in [0.2, 0.25) is 0 Å². The normalized spacial score (nSPS) is 17.5. The molecule has 2 amide bonds. The smallest absolute Gasteiger partial charge is 0.323 e. The standard InChI is InChI=1S/C25H34N6O6S/c1-17-3-5-19(6-4-17)38(36,37)29-21(25(34)35)16-27-23(32)20-15-22-24(33)30(12-2-13-31(22)28-20)14-9-18-7-10-26-11-8-18/h3-6,15,18,21,26,29H,2,7-14,16H2,1H3,(H,27,32)(H,34,35)/t21-/m0/s1. The zero-order valence-corrected chi connectivity index (χ0v) is 22.2. The van der Waals surface area contributed by atoms with E-state index < -0.39 is 34.5 Å². The van der Waals surface area contributed by atoms with Crippen LogP contribution in [0.1, 0.15) is 52.2 Å². The number of carbonyl (C=O) groups is 3. The van der Waals surface area contributed by atoms with Crippen molar-refractivity contribution in [2.75, 3.05) is 32.7 Å². The molecule has 1 atom stereocenters. The van der Waals surface area contributed by atoms with E-state index in [0.717, 1.165) is 37.9 Å². The molecule has 4 rings (SSSR count). The number of amides is 2. The molecule has 1 saturated heterocycles. The molecule has 0 spiro atoms. The number of carboxylic acids is 1. The van der Waals surface area contributed by atoms with E-state index >= 15 is 0 Å². The minimum absolute atomic E-state index is 0.0286. The van der Waals surface area contributed by atoms with E-state index in [4.69, 9.17) is 0 Å². The largest absolute Gasteiger partial charge is 0.480 e. The lowest BCUT2D eigenvalue weighted by atomic mass is 9.94. The number of benzene rings is 1. The number of fused-ring (bicyclic) bond motifs is 1. The molecular formula is C25H34N6O6S. The summed E-state index contributed by atoms with van der Waals surface area (Å²) in [6, 6.07) is 5.76. The fraction of sp³-hybridized carbons (Fsp3) is 0.520. The van der Waals surface area contributed by atoms with Crippen LogP contribution in [0.5, 0.6) is 0 Å². The monoisotopic (exact) mass is 546 g/mol. The predicted octanol–water partition coefficient (Wildman–Crippen LogP) is 0.589. The number of nitrogens with one attached hydrogen (secondary N) is 3. The van der Waals surface area contributed by atoms with Gasteiger partial charge in [-0.05, 0) is 63.7 Å². The predicted molar refractivity (Wildman–Crippen MR) is 138 cm³/mol. The van der Waals surface area contributed by atoms with Crippen molar-refractivity contribution in [1.29, 1.82) is 0 Å². The third kappa shape index (κ3) is 6.77. The van der Waals surface area contributed by atoms with Gasteiger partial charge in [0.1, 0.15) is 11.7 Å². The summed E-state index contributed by atoms with van der Waals surface area (Å²) < 4.78 is 28.8. The van der Waals surface area contributed by atoms with Crippen LogP contribution < -0.4 is 15.4 Å². The molecule has 0 aliphatic carbocycles. The minimum Gasteiger partial charge on any atom is -0.480 e. The number of nitrogens with zero attached hydrogens (tertiary/aromatic N) is 3. The number of hydrogen-bond donors (Lipinski definition) is 4. The van der Waals surface area contributed by atoms with Crippen LogP contribution in [0, 0.1) is 12.8 Å². The summed E-state index contributed by atoms with van der Waals surface area (Å²) >= 11 is 0. The van der Waals surface area contributed by atoms with Crippen molar-refractivity contribution >= 4 is 27.8 Å². The van der Waals surface area contributed by atoms with Gasteiger partial charge in [-0.2, -0.15) is 9.82 Å². The van der Waals surface area contributed by atoms with Crippen LogP contribution in [0.3, 0.4) is 0 Å². The van der Waals surface area contributed by atoms with Gasteiger partial charge in [-0.1, -0.05) is 17.7 Å². The van der Waals surface area contributed by atoms with Crippen LogP contribution >= 0.6 is 0 Å². The first kappa shape index (κ1) is 27.7. The Bertz CT molecular complexity index is 1270. The van der Waals surface area contributed by atoms with Crippen LogP contribution in [0.25, 0.3) is 0 Å². The highest BCUT2D eigenvalue weighted by Gasteiger charge is 2.29. The molecule has 0 radical (unpaired) electrons. The molecule has 2 aliphatic heterocycles. The van der Waals surface area contributed by atoms with Gasteiger partial charge in [-0.3, -0.25) is 19.1 Å². The average Bonchev–Trinajstić information content (AvgIpc) is 3.27. The Balaban J connectivity index is 1.38. The lowest BCUT2D eigenvalue weighted by Gasteiger charge is -2.26. The van der Waals surface area contributed by atoms with Crippen LogP contribution in [0.4, 0.5) is 0 Å². The van der Waals surface area contributed by atoms with Crippen LogP contribution in [-0.2, 0) is 21.4 Å².